The van der Waals surface area contributed by atoms with Gasteiger partial charge in [0.1, 0.15) is 5.82 Å². The summed E-state index contributed by atoms with van der Waals surface area (Å²) in [6.07, 6.45) is 6.28. The van der Waals surface area contributed by atoms with Crippen LogP contribution < -0.4 is 0 Å². The third-order valence-corrected chi connectivity index (χ3v) is 5.26. The van der Waals surface area contributed by atoms with Gasteiger partial charge in [-0.25, -0.2) is 4.39 Å². The van der Waals surface area contributed by atoms with E-state index in [4.69, 9.17) is 0 Å². The first kappa shape index (κ1) is 15.5. The third-order valence-electron chi connectivity index (χ3n) is 5.26. The van der Waals surface area contributed by atoms with E-state index in [0.717, 1.165) is 25.7 Å². The van der Waals surface area contributed by atoms with Crippen LogP contribution in [-0.4, -0.2) is 34.6 Å². The Balaban J connectivity index is 1.66. The fourth-order valence-electron chi connectivity index (χ4n) is 4.19. The molecule has 0 radical (unpaired) electrons. The molecule has 3 rings (SSSR count). The van der Waals surface area contributed by atoms with Gasteiger partial charge in [0.25, 0.3) is 0 Å². The minimum Gasteiger partial charge on any atom is -0.394 e. The highest BCUT2D eigenvalue weighted by molar-refractivity contribution is 5.77. The number of halogens is 1. The molecule has 1 aromatic rings. The van der Waals surface area contributed by atoms with Gasteiger partial charge in [-0.3, -0.25) is 4.79 Å². The van der Waals surface area contributed by atoms with Crippen LogP contribution in [0.15, 0.2) is 24.3 Å². The zero-order chi connectivity index (χ0) is 15.5. The number of rotatable bonds is 4. The second-order valence-corrected chi connectivity index (χ2v) is 6.58. The first-order valence-corrected chi connectivity index (χ1v) is 8.36. The molecule has 0 bridgehead atoms. The van der Waals surface area contributed by atoms with E-state index in [9.17, 15) is 14.3 Å². The van der Waals surface area contributed by atoms with Crippen LogP contribution in [0.25, 0.3) is 0 Å². The Morgan fingerprint density at radius 3 is 2.82 bits per heavy atom. The first-order valence-electron chi connectivity index (χ1n) is 8.36. The SMILES string of the molecule is O=C(CCc1ccccc1F)N1[C@H](CO)C[C@@H]2CCCC[C@@H]21. The summed E-state index contributed by atoms with van der Waals surface area (Å²) < 4.78 is 13.7. The molecule has 1 saturated heterocycles. The van der Waals surface area contributed by atoms with Crippen LogP contribution in [-0.2, 0) is 11.2 Å². The number of amides is 1. The molecular weight excluding hydrogens is 281 g/mol. The molecule has 3 nitrogen and oxygen atoms in total. The number of nitrogens with zero attached hydrogens (tertiary/aromatic N) is 1. The lowest BCUT2D eigenvalue weighted by Gasteiger charge is -2.33. The summed E-state index contributed by atoms with van der Waals surface area (Å²) >= 11 is 0. The highest BCUT2D eigenvalue weighted by Crippen LogP contribution is 2.39. The van der Waals surface area contributed by atoms with Gasteiger partial charge < -0.3 is 10.0 Å². The number of hydrogen-bond acceptors (Lipinski definition) is 2. The maximum Gasteiger partial charge on any atom is 0.223 e. The predicted molar refractivity (Wildman–Crippen MR) is 82.8 cm³/mol. The Morgan fingerprint density at radius 1 is 1.27 bits per heavy atom. The Hall–Kier alpha value is -1.42. The van der Waals surface area contributed by atoms with E-state index >= 15 is 0 Å². The van der Waals surface area contributed by atoms with Gasteiger partial charge in [0.15, 0.2) is 0 Å². The summed E-state index contributed by atoms with van der Waals surface area (Å²) in [6, 6.07) is 6.88. The largest absolute Gasteiger partial charge is 0.394 e. The molecule has 3 atom stereocenters. The van der Waals surface area contributed by atoms with E-state index in [1.54, 1.807) is 18.2 Å². The molecule has 2 aliphatic rings. The van der Waals surface area contributed by atoms with Crippen LogP contribution in [0, 0.1) is 11.7 Å². The first-order chi connectivity index (χ1) is 10.7. The minimum absolute atomic E-state index is 0.0401. The Bertz CT molecular complexity index is 534. The lowest BCUT2D eigenvalue weighted by atomic mass is 9.84. The number of fused-ring (bicyclic) bond motifs is 1. The van der Waals surface area contributed by atoms with Crippen molar-refractivity contribution in [1.29, 1.82) is 0 Å². The molecule has 1 aliphatic heterocycles. The molecule has 2 fully saturated rings. The molecule has 1 aliphatic carbocycles. The van der Waals surface area contributed by atoms with Crippen molar-refractivity contribution in [3.63, 3.8) is 0 Å². The smallest absolute Gasteiger partial charge is 0.223 e. The van der Waals surface area contributed by atoms with Crippen LogP contribution >= 0.6 is 0 Å². The number of carbonyl (C=O) groups excluding carboxylic acids is 1. The topological polar surface area (TPSA) is 40.5 Å². The van der Waals surface area contributed by atoms with Gasteiger partial charge in [0, 0.05) is 12.5 Å². The summed E-state index contributed by atoms with van der Waals surface area (Å²) in [5.74, 6) is 0.367. The summed E-state index contributed by atoms with van der Waals surface area (Å²) in [7, 11) is 0. The van der Waals surface area contributed by atoms with Crippen molar-refractivity contribution < 1.29 is 14.3 Å². The number of likely N-dealkylation sites (tertiary alicyclic amines) is 1. The number of aliphatic hydroxyl groups is 1. The zero-order valence-electron chi connectivity index (χ0n) is 12.9. The molecule has 4 heteroatoms. The van der Waals surface area contributed by atoms with Crippen LogP contribution in [0.1, 0.15) is 44.1 Å². The molecule has 1 amide bonds. The van der Waals surface area contributed by atoms with Crippen molar-refractivity contribution in [2.24, 2.45) is 5.92 Å². The second kappa shape index (κ2) is 6.78. The number of hydrogen-bond donors (Lipinski definition) is 1. The molecule has 1 N–H and O–H groups in total. The molecule has 1 heterocycles. The van der Waals surface area contributed by atoms with Crippen molar-refractivity contribution in [2.45, 2.75) is 57.0 Å². The van der Waals surface area contributed by atoms with Gasteiger partial charge in [0.05, 0.1) is 12.6 Å². The van der Waals surface area contributed by atoms with E-state index in [2.05, 4.69) is 0 Å². The molecular formula is C18H24FNO2. The number of aryl methyl sites for hydroxylation is 1. The molecule has 120 valence electrons. The summed E-state index contributed by atoms with van der Waals surface area (Å²) in [6.45, 7) is 0.0401. The molecule has 0 aromatic heterocycles. The van der Waals surface area contributed by atoms with Crippen molar-refractivity contribution in [2.75, 3.05) is 6.61 Å². The number of benzene rings is 1. The molecule has 1 saturated carbocycles. The summed E-state index contributed by atoms with van der Waals surface area (Å²) in [4.78, 5) is 14.6. The van der Waals surface area contributed by atoms with Gasteiger partial charge in [0.2, 0.25) is 5.91 Å². The zero-order valence-corrected chi connectivity index (χ0v) is 12.9. The quantitative estimate of drug-likeness (QED) is 0.929. The monoisotopic (exact) mass is 305 g/mol. The van der Waals surface area contributed by atoms with E-state index in [1.165, 1.54) is 12.5 Å². The van der Waals surface area contributed by atoms with Crippen LogP contribution in [0.4, 0.5) is 4.39 Å². The number of carbonyl (C=O) groups is 1. The maximum absolute atomic E-state index is 13.7. The Labute approximate surface area is 131 Å². The minimum atomic E-state index is -0.244. The van der Waals surface area contributed by atoms with Crippen molar-refractivity contribution in [1.82, 2.24) is 4.90 Å². The number of aliphatic hydroxyl groups excluding tert-OH is 1. The Kier molecular flexibility index (Phi) is 4.77. The van der Waals surface area contributed by atoms with Gasteiger partial charge in [-0.1, -0.05) is 31.0 Å². The van der Waals surface area contributed by atoms with Crippen molar-refractivity contribution in [3.8, 4) is 0 Å². The third kappa shape index (κ3) is 3.02. The van der Waals surface area contributed by atoms with Gasteiger partial charge >= 0.3 is 0 Å². The highest BCUT2D eigenvalue weighted by Gasteiger charge is 2.43. The van der Waals surface area contributed by atoms with E-state index in [-0.39, 0.29) is 24.4 Å². The van der Waals surface area contributed by atoms with E-state index in [0.29, 0.717) is 30.4 Å². The highest BCUT2D eigenvalue weighted by atomic mass is 19.1. The lowest BCUT2D eigenvalue weighted by Crippen LogP contribution is -2.44. The normalized spacial score (nSPS) is 27.7. The van der Waals surface area contributed by atoms with Gasteiger partial charge in [-0.2, -0.15) is 0 Å². The average Bonchev–Trinajstić information content (AvgIpc) is 2.92. The second-order valence-electron chi connectivity index (χ2n) is 6.58. The fraction of sp³-hybridized carbons (Fsp3) is 0.611. The molecule has 22 heavy (non-hydrogen) atoms. The van der Waals surface area contributed by atoms with Crippen molar-refractivity contribution >= 4 is 5.91 Å². The summed E-state index contributed by atoms with van der Waals surface area (Å²) in [5, 5.41) is 9.61. The molecule has 0 spiro atoms. The lowest BCUT2D eigenvalue weighted by molar-refractivity contribution is -0.135. The van der Waals surface area contributed by atoms with E-state index in [1.807, 2.05) is 4.90 Å². The van der Waals surface area contributed by atoms with Crippen LogP contribution in [0.5, 0.6) is 0 Å². The molecule has 1 aromatic carbocycles. The van der Waals surface area contributed by atoms with Gasteiger partial charge in [-0.05, 0) is 43.2 Å². The molecule has 0 unspecified atom stereocenters. The summed E-state index contributed by atoms with van der Waals surface area (Å²) in [5.41, 5.74) is 0.593. The van der Waals surface area contributed by atoms with Crippen molar-refractivity contribution in [3.05, 3.63) is 35.6 Å². The van der Waals surface area contributed by atoms with Crippen LogP contribution in [0.2, 0.25) is 0 Å². The average molecular weight is 305 g/mol. The predicted octanol–water partition coefficient (Wildman–Crippen LogP) is 2.91. The Morgan fingerprint density at radius 2 is 2.05 bits per heavy atom. The van der Waals surface area contributed by atoms with E-state index < -0.39 is 0 Å². The van der Waals surface area contributed by atoms with Gasteiger partial charge in [-0.15, -0.1) is 0 Å². The fourth-order valence-corrected chi connectivity index (χ4v) is 4.19. The maximum atomic E-state index is 13.7. The standard InChI is InChI=1S/C18H24FNO2/c19-16-7-3-1-5-13(16)9-10-18(22)20-15(12-21)11-14-6-2-4-8-17(14)20/h1,3,5,7,14-15,17,21H,2,4,6,8-12H2/t14-,15-,17-/m0/s1. The van der Waals surface area contributed by atoms with Crippen LogP contribution in [0.3, 0.4) is 0 Å².